The number of rotatable bonds is 10. The minimum absolute atomic E-state index is 0.00354. The highest BCUT2D eigenvalue weighted by molar-refractivity contribution is 5.92. The lowest BCUT2D eigenvalue weighted by Crippen LogP contribution is -2.49. The Morgan fingerprint density at radius 3 is 2.34 bits per heavy atom. The highest BCUT2D eigenvalue weighted by Gasteiger charge is 2.32. The number of likely N-dealkylation sites (tertiary alicyclic amines) is 2. The number of aromatic nitrogens is 1. The summed E-state index contributed by atoms with van der Waals surface area (Å²) >= 11 is 0. The van der Waals surface area contributed by atoms with E-state index in [2.05, 4.69) is 40.2 Å². The number of benzene rings is 2. The summed E-state index contributed by atoms with van der Waals surface area (Å²) in [5.74, 6) is 2.70. The second kappa shape index (κ2) is 15.1. The lowest BCUT2D eigenvalue weighted by molar-refractivity contribution is -0.139. The molecule has 0 bridgehead atoms. The first-order valence-corrected chi connectivity index (χ1v) is 17.7. The van der Waals surface area contributed by atoms with E-state index in [-0.39, 0.29) is 17.7 Å². The molecule has 3 fully saturated rings. The molecule has 3 aromatic rings. The quantitative estimate of drug-likeness (QED) is 0.290. The number of piperidine rings is 2. The van der Waals surface area contributed by atoms with E-state index in [9.17, 15) is 9.59 Å². The zero-order valence-electron chi connectivity index (χ0n) is 28.7. The summed E-state index contributed by atoms with van der Waals surface area (Å²) in [6.07, 6.45) is 5.81. The van der Waals surface area contributed by atoms with Crippen molar-refractivity contribution in [3.05, 3.63) is 47.5 Å². The van der Waals surface area contributed by atoms with Gasteiger partial charge in [-0.2, -0.15) is 0 Å². The second-order valence-electron chi connectivity index (χ2n) is 13.4. The fourth-order valence-electron chi connectivity index (χ4n) is 8.06. The summed E-state index contributed by atoms with van der Waals surface area (Å²) in [6, 6.07) is 13.1. The molecule has 0 spiro atoms. The van der Waals surface area contributed by atoms with Crippen LogP contribution in [0.15, 0.2) is 36.4 Å². The van der Waals surface area contributed by atoms with Gasteiger partial charge in [0, 0.05) is 62.4 Å². The number of H-pyrrole nitrogens is 1. The molecule has 9 nitrogen and oxygen atoms in total. The smallest absolute Gasteiger partial charge is 0.236 e. The van der Waals surface area contributed by atoms with Crippen LogP contribution in [0.3, 0.4) is 0 Å². The molecule has 254 valence electrons. The maximum absolute atomic E-state index is 13.4. The molecule has 1 unspecified atom stereocenters. The molecule has 4 heterocycles. The third kappa shape index (κ3) is 7.16. The topological polar surface area (TPSA) is 87.3 Å². The van der Waals surface area contributed by atoms with Gasteiger partial charge in [-0.25, -0.2) is 0 Å². The summed E-state index contributed by atoms with van der Waals surface area (Å²) in [5.41, 5.74) is 6.09. The molecule has 3 saturated heterocycles. The van der Waals surface area contributed by atoms with E-state index in [0.717, 1.165) is 113 Å². The minimum Gasteiger partial charge on any atom is -0.493 e. The molecule has 9 heteroatoms. The van der Waals surface area contributed by atoms with Gasteiger partial charge in [0.2, 0.25) is 11.8 Å². The van der Waals surface area contributed by atoms with Gasteiger partial charge in [0.05, 0.1) is 32.4 Å². The van der Waals surface area contributed by atoms with Crippen molar-refractivity contribution < 1.29 is 23.8 Å². The summed E-state index contributed by atoms with van der Waals surface area (Å²) in [5, 5.41) is 1.29. The van der Waals surface area contributed by atoms with E-state index in [1.54, 1.807) is 14.2 Å². The normalized spacial score (nSPS) is 20.0. The monoisotopic (exact) mass is 644 g/mol. The number of fused-ring (bicyclic) bond motifs is 1. The van der Waals surface area contributed by atoms with Crippen molar-refractivity contribution >= 4 is 22.7 Å². The molecular weight excluding hydrogens is 592 g/mol. The number of carbonyl (C=O) groups excluding carboxylic acids is 2. The Balaban J connectivity index is 1.15. The molecule has 2 aromatic carbocycles. The van der Waals surface area contributed by atoms with Crippen molar-refractivity contribution in [2.24, 2.45) is 5.92 Å². The highest BCUT2D eigenvalue weighted by Crippen LogP contribution is 2.43. The molecular formula is C38H52N4O5. The molecule has 0 saturated carbocycles. The van der Waals surface area contributed by atoms with Crippen LogP contribution in [0.4, 0.5) is 0 Å². The van der Waals surface area contributed by atoms with Crippen LogP contribution in [0.25, 0.3) is 22.2 Å². The fourth-order valence-corrected chi connectivity index (χ4v) is 8.06. The SMILES string of the molecule is CCN(CC)C(=O)C1CCCN(CC(=O)N2CCC(c3ccc4[nH]c(-c5ccc(OC)c(OC)c5)c(C5CCOCC5)c4c3)CC2)C1. The van der Waals surface area contributed by atoms with Crippen LogP contribution in [0.2, 0.25) is 0 Å². The number of aromatic amines is 1. The van der Waals surface area contributed by atoms with Gasteiger partial charge in [-0.15, -0.1) is 0 Å². The largest absolute Gasteiger partial charge is 0.493 e. The number of hydrogen-bond acceptors (Lipinski definition) is 6. The number of ether oxygens (including phenoxy) is 3. The van der Waals surface area contributed by atoms with E-state index < -0.39 is 0 Å². The molecule has 6 rings (SSSR count). The summed E-state index contributed by atoms with van der Waals surface area (Å²) in [7, 11) is 3.34. The lowest BCUT2D eigenvalue weighted by atomic mass is 9.85. The maximum atomic E-state index is 13.4. The number of hydrogen-bond donors (Lipinski definition) is 1. The number of nitrogens with zero attached hydrogens (tertiary/aromatic N) is 3. The van der Waals surface area contributed by atoms with Gasteiger partial charge in [-0.05, 0) is 112 Å². The zero-order valence-corrected chi connectivity index (χ0v) is 28.7. The van der Waals surface area contributed by atoms with E-state index in [1.165, 1.54) is 16.5 Å². The minimum atomic E-state index is 0.00354. The molecule has 3 aliphatic rings. The highest BCUT2D eigenvalue weighted by atomic mass is 16.5. The third-order valence-electron chi connectivity index (χ3n) is 10.8. The predicted molar refractivity (Wildman–Crippen MR) is 185 cm³/mol. The molecule has 1 N–H and O–H groups in total. The van der Waals surface area contributed by atoms with Crippen LogP contribution < -0.4 is 9.47 Å². The number of amides is 2. The van der Waals surface area contributed by atoms with Crippen molar-refractivity contribution in [1.29, 1.82) is 0 Å². The van der Waals surface area contributed by atoms with Gasteiger partial charge in [-0.3, -0.25) is 14.5 Å². The molecule has 0 radical (unpaired) electrons. The van der Waals surface area contributed by atoms with Crippen molar-refractivity contribution in [2.75, 3.05) is 73.2 Å². The van der Waals surface area contributed by atoms with Crippen molar-refractivity contribution in [1.82, 2.24) is 19.7 Å². The molecule has 1 atom stereocenters. The zero-order chi connectivity index (χ0) is 32.9. The first-order valence-electron chi connectivity index (χ1n) is 17.7. The Kier molecular flexibility index (Phi) is 10.7. The average Bonchev–Trinajstić information content (AvgIpc) is 3.51. The number of carbonyl (C=O) groups is 2. The Morgan fingerprint density at radius 1 is 0.894 bits per heavy atom. The molecule has 47 heavy (non-hydrogen) atoms. The average molecular weight is 645 g/mol. The van der Waals surface area contributed by atoms with Gasteiger partial charge in [-0.1, -0.05) is 6.07 Å². The Labute approximate surface area is 279 Å². The Hall–Kier alpha value is -3.56. The van der Waals surface area contributed by atoms with Crippen LogP contribution in [-0.2, 0) is 14.3 Å². The first-order chi connectivity index (χ1) is 22.9. The third-order valence-corrected chi connectivity index (χ3v) is 10.8. The van der Waals surface area contributed by atoms with E-state index in [4.69, 9.17) is 14.2 Å². The van der Waals surface area contributed by atoms with Crippen LogP contribution in [0, 0.1) is 5.92 Å². The molecule has 3 aliphatic heterocycles. The van der Waals surface area contributed by atoms with Crippen molar-refractivity contribution in [3.8, 4) is 22.8 Å². The molecule has 2 amide bonds. The van der Waals surface area contributed by atoms with Crippen molar-refractivity contribution in [3.63, 3.8) is 0 Å². The number of nitrogens with one attached hydrogen (secondary N) is 1. The van der Waals surface area contributed by atoms with Gasteiger partial charge >= 0.3 is 0 Å². The van der Waals surface area contributed by atoms with Gasteiger partial charge in [0.25, 0.3) is 0 Å². The fraction of sp³-hybridized carbons (Fsp3) is 0.579. The summed E-state index contributed by atoms with van der Waals surface area (Å²) in [6.45, 7) is 10.6. The summed E-state index contributed by atoms with van der Waals surface area (Å²) in [4.78, 5) is 36.3. The van der Waals surface area contributed by atoms with E-state index in [0.29, 0.717) is 24.9 Å². The van der Waals surface area contributed by atoms with E-state index in [1.807, 2.05) is 29.7 Å². The second-order valence-corrected chi connectivity index (χ2v) is 13.4. The van der Waals surface area contributed by atoms with Crippen LogP contribution in [0.1, 0.15) is 75.3 Å². The van der Waals surface area contributed by atoms with Gasteiger partial charge in [0.1, 0.15) is 0 Å². The van der Waals surface area contributed by atoms with Crippen LogP contribution >= 0.6 is 0 Å². The van der Waals surface area contributed by atoms with Gasteiger partial charge in [0.15, 0.2) is 11.5 Å². The van der Waals surface area contributed by atoms with Gasteiger partial charge < -0.3 is 29.0 Å². The van der Waals surface area contributed by atoms with Crippen LogP contribution in [-0.4, -0.2) is 105 Å². The Morgan fingerprint density at radius 2 is 1.64 bits per heavy atom. The van der Waals surface area contributed by atoms with Crippen molar-refractivity contribution in [2.45, 2.75) is 64.2 Å². The first kappa shape index (κ1) is 33.3. The summed E-state index contributed by atoms with van der Waals surface area (Å²) < 4.78 is 16.9. The predicted octanol–water partition coefficient (Wildman–Crippen LogP) is 6.03. The number of methoxy groups -OCH3 is 2. The van der Waals surface area contributed by atoms with E-state index >= 15 is 0 Å². The standard InChI is InChI=1S/C38H52N4O5/c1-5-41(6-2)38(44)30-8-7-17-40(24-30)25-35(43)42-18-13-26(14-19-42)28-9-11-32-31(22-28)36(27-15-20-47-21-16-27)37(39-32)29-10-12-33(45-3)34(23-29)46-4/h9-12,22-23,26-27,30,39H,5-8,13-21,24-25H2,1-4H3. The molecule has 0 aliphatic carbocycles. The lowest BCUT2D eigenvalue weighted by Gasteiger charge is -2.37. The van der Waals surface area contributed by atoms with Crippen LogP contribution in [0.5, 0.6) is 11.5 Å². The maximum Gasteiger partial charge on any atom is 0.236 e. The Bertz CT molecular complexity index is 1530. The molecule has 1 aromatic heterocycles.